The summed E-state index contributed by atoms with van der Waals surface area (Å²) in [5.41, 5.74) is 3.44. The van der Waals surface area contributed by atoms with Crippen molar-refractivity contribution in [3.8, 4) is 0 Å². The zero-order valence-electron chi connectivity index (χ0n) is 8.48. The predicted octanol–water partition coefficient (Wildman–Crippen LogP) is 2.85. The molecule has 1 unspecified atom stereocenters. The molecule has 0 spiro atoms. The summed E-state index contributed by atoms with van der Waals surface area (Å²) in [6, 6.07) is 10.1. The highest BCUT2D eigenvalue weighted by molar-refractivity contribution is 5.49. The number of hydrogen-bond acceptors (Lipinski definition) is 2. The molecule has 2 N–H and O–H groups in total. The van der Waals surface area contributed by atoms with Gasteiger partial charge in [0, 0.05) is 0 Å². The zero-order chi connectivity index (χ0) is 10.2. The summed E-state index contributed by atoms with van der Waals surface area (Å²) in [7, 11) is 0. The molecule has 76 valence electrons. The Morgan fingerprint density at radius 2 is 2.07 bits per heavy atom. The molecule has 0 saturated carbocycles. The highest BCUT2D eigenvalue weighted by Crippen LogP contribution is 2.04. The Balaban J connectivity index is 2.53. The highest BCUT2D eigenvalue weighted by Gasteiger charge is 1.98. The van der Waals surface area contributed by atoms with Crippen LogP contribution in [0.3, 0.4) is 0 Å². The molecule has 1 atom stereocenters. The summed E-state index contributed by atoms with van der Waals surface area (Å²) >= 11 is 0. The fourth-order valence-electron chi connectivity index (χ4n) is 1.31. The van der Waals surface area contributed by atoms with Crippen molar-refractivity contribution in [2.45, 2.75) is 25.8 Å². The second-order valence-corrected chi connectivity index (χ2v) is 3.29. The molecule has 0 aliphatic rings. The normalized spacial score (nSPS) is 13.3. The van der Waals surface area contributed by atoms with E-state index in [1.165, 1.54) is 0 Å². The van der Waals surface area contributed by atoms with E-state index >= 15 is 0 Å². The molecule has 0 aromatic heterocycles. The number of hydrogen-bond donors (Lipinski definition) is 2. The summed E-state index contributed by atoms with van der Waals surface area (Å²) in [5.74, 6) is 0. The van der Waals surface area contributed by atoms with E-state index in [9.17, 15) is 0 Å². The van der Waals surface area contributed by atoms with Gasteiger partial charge in [0.25, 0.3) is 0 Å². The van der Waals surface area contributed by atoms with E-state index in [1.807, 2.05) is 42.5 Å². The van der Waals surface area contributed by atoms with Gasteiger partial charge in [0.15, 0.2) is 0 Å². The van der Waals surface area contributed by atoms with Crippen LogP contribution in [-0.4, -0.2) is 11.2 Å². The Morgan fingerprint density at radius 3 is 2.64 bits per heavy atom. The number of nitrogens with one attached hydrogen (secondary N) is 1. The van der Waals surface area contributed by atoms with Gasteiger partial charge in [-0.25, -0.2) is 0 Å². The van der Waals surface area contributed by atoms with E-state index in [2.05, 4.69) is 12.4 Å². The molecule has 14 heavy (non-hydrogen) atoms. The van der Waals surface area contributed by atoms with E-state index in [0.29, 0.717) is 0 Å². The van der Waals surface area contributed by atoms with Gasteiger partial charge < -0.3 is 5.21 Å². The van der Waals surface area contributed by atoms with Crippen molar-refractivity contribution in [2.75, 3.05) is 0 Å². The molecule has 2 nitrogen and oxygen atoms in total. The van der Waals surface area contributed by atoms with Gasteiger partial charge in [-0.3, -0.25) is 0 Å². The Kier molecular flexibility index (Phi) is 4.97. The highest BCUT2D eigenvalue weighted by atomic mass is 16.5. The van der Waals surface area contributed by atoms with Crippen LogP contribution in [0.15, 0.2) is 36.4 Å². The lowest BCUT2D eigenvalue weighted by atomic mass is 10.1. The van der Waals surface area contributed by atoms with Gasteiger partial charge in [-0.05, 0) is 12.0 Å². The first-order chi connectivity index (χ1) is 6.86. The molecule has 0 saturated heterocycles. The Hall–Kier alpha value is -1.12. The van der Waals surface area contributed by atoms with Crippen LogP contribution in [0, 0.1) is 0 Å². The smallest absolute Gasteiger partial charge is 0.0502 e. The van der Waals surface area contributed by atoms with Crippen LogP contribution in [0.1, 0.15) is 25.3 Å². The molecule has 0 heterocycles. The maximum absolute atomic E-state index is 8.83. The van der Waals surface area contributed by atoms with Crippen molar-refractivity contribution < 1.29 is 5.21 Å². The second kappa shape index (κ2) is 6.35. The van der Waals surface area contributed by atoms with E-state index in [0.717, 1.165) is 18.4 Å². The van der Waals surface area contributed by atoms with Gasteiger partial charge in [0.2, 0.25) is 0 Å². The predicted molar refractivity (Wildman–Crippen MR) is 59.1 cm³/mol. The van der Waals surface area contributed by atoms with Gasteiger partial charge in [-0.1, -0.05) is 55.8 Å². The Morgan fingerprint density at radius 1 is 1.36 bits per heavy atom. The Labute approximate surface area is 85.2 Å². The average molecular weight is 191 g/mol. The molecule has 2 heteroatoms. The summed E-state index contributed by atoms with van der Waals surface area (Å²) in [6.07, 6.45) is 6.00. The van der Waals surface area contributed by atoms with Crippen LogP contribution < -0.4 is 5.48 Å². The SMILES string of the molecule is CCCC(/C=C/c1ccccc1)NO. The molecule has 1 aromatic rings. The van der Waals surface area contributed by atoms with Gasteiger partial charge in [0.05, 0.1) is 6.04 Å². The van der Waals surface area contributed by atoms with Crippen molar-refractivity contribution in [3.05, 3.63) is 42.0 Å². The summed E-state index contributed by atoms with van der Waals surface area (Å²) in [4.78, 5) is 0. The molecule has 0 aliphatic carbocycles. The molecular weight excluding hydrogens is 174 g/mol. The monoisotopic (exact) mass is 191 g/mol. The molecule has 0 radical (unpaired) electrons. The van der Waals surface area contributed by atoms with Crippen molar-refractivity contribution in [2.24, 2.45) is 0 Å². The maximum Gasteiger partial charge on any atom is 0.0502 e. The van der Waals surface area contributed by atoms with E-state index in [-0.39, 0.29) is 6.04 Å². The first-order valence-electron chi connectivity index (χ1n) is 4.99. The third-order valence-corrected chi connectivity index (χ3v) is 2.09. The maximum atomic E-state index is 8.83. The molecule has 0 fully saturated rings. The zero-order valence-corrected chi connectivity index (χ0v) is 8.48. The minimum absolute atomic E-state index is 0.0557. The second-order valence-electron chi connectivity index (χ2n) is 3.29. The van der Waals surface area contributed by atoms with Gasteiger partial charge in [-0.15, -0.1) is 0 Å². The van der Waals surface area contributed by atoms with Crippen LogP contribution in [-0.2, 0) is 0 Å². The minimum Gasteiger partial charge on any atom is -0.316 e. The minimum atomic E-state index is 0.0557. The van der Waals surface area contributed by atoms with E-state index in [4.69, 9.17) is 5.21 Å². The average Bonchev–Trinajstić information content (AvgIpc) is 2.25. The molecule has 1 aromatic carbocycles. The molecule has 0 bridgehead atoms. The molecule has 0 aliphatic heterocycles. The quantitative estimate of drug-likeness (QED) is 0.701. The number of hydroxylamine groups is 1. The lowest BCUT2D eigenvalue weighted by Gasteiger charge is -2.07. The third-order valence-electron chi connectivity index (χ3n) is 2.09. The van der Waals surface area contributed by atoms with Gasteiger partial charge in [-0.2, -0.15) is 5.48 Å². The fourth-order valence-corrected chi connectivity index (χ4v) is 1.31. The standard InChI is InChI=1S/C12H17NO/c1-2-6-12(13-14)10-9-11-7-4-3-5-8-11/h3-5,7-10,12-14H,2,6H2,1H3/b10-9+. The van der Waals surface area contributed by atoms with Gasteiger partial charge >= 0.3 is 0 Å². The van der Waals surface area contributed by atoms with Crippen LogP contribution in [0.5, 0.6) is 0 Å². The number of rotatable bonds is 5. The van der Waals surface area contributed by atoms with Crippen LogP contribution in [0.25, 0.3) is 6.08 Å². The fraction of sp³-hybridized carbons (Fsp3) is 0.333. The first-order valence-corrected chi connectivity index (χ1v) is 4.99. The lowest BCUT2D eigenvalue weighted by molar-refractivity contribution is 0.139. The Bertz CT molecular complexity index is 269. The van der Waals surface area contributed by atoms with Crippen LogP contribution in [0.2, 0.25) is 0 Å². The summed E-state index contributed by atoms with van der Waals surface area (Å²) in [6.45, 7) is 2.10. The topological polar surface area (TPSA) is 32.3 Å². The van der Waals surface area contributed by atoms with E-state index in [1.54, 1.807) is 0 Å². The third kappa shape index (κ3) is 3.73. The summed E-state index contributed by atoms with van der Waals surface area (Å²) < 4.78 is 0. The largest absolute Gasteiger partial charge is 0.316 e. The van der Waals surface area contributed by atoms with Crippen molar-refractivity contribution >= 4 is 6.08 Å². The van der Waals surface area contributed by atoms with E-state index < -0.39 is 0 Å². The van der Waals surface area contributed by atoms with Crippen LogP contribution in [0.4, 0.5) is 0 Å². The van der Waals surface area contributed by atoms with Crippen molar-refractivity contribution in [3.63, 3.8) is 0 Å². The molecule has 0 amide bonds. The van der Waals surface area contributed by atoms with Crippen molar-refractivity contribution in [1.29, 1.82) is 0 Å². The van der Waals surface area contributed by atoms with Crippen molar-refractivity contribution in [1.82, 2.24) is 5.48 Å². The van der Waals surface area contributed by atoms with Gasteiger partial charge in [0.1, 0.15) is 0 Å². The molecular formula is C12H17NO. The lowest BCUT2D eigenvalue weighted by Crippen LogP contribution is -2.22. The molecule has 1 rings (SSSR count). The number of benzene rings is 1. The van der Waals surface area contributed by atoms with Crippen LogP contribution >= 0.6 is 0 Å². The first kappa shape index (κ1) is 11.0. The summed E-state index contributed by atoms with van der Waals surface area (Å²) in [5, 5.41) is 8.83.